The van der Waals surface area contributed by atoms with Crippen molar-refractivity contribution >= 4 is 41.3 Å². The van der Waals surface area contributed by atoms with Gasteiger partial charge in [0.15, 0.2) is 5.96 Å². The van der Waals surface area contributed by atoms with Crippen LogP contribution in [0, 0.1) is 0 Å². The molecule has 0 aliphatic carbocycles. The summed E-state index contributed by atoms with van der Waals surface area (Å²) in [5.74, 6) is 0.853. The molecule has 0 radical (unpaired) electrons. The van der Waals surface area contributed by atoms with Gasteiger partial charge in [-0.05, 0) is 36.6 Å². The minimum atomic E-state index is 0. The van der Waals surface area contributed by atoms with E-state index in [2.05, 4.69) is 70.4 Å². The highest BCUT2D eigenvalue weighted by Gasteiger charge is 2.02. The molecule has 2 heterocycles. The highest BCUT2D eigenvalue weighted by Crippen LogP contribution is 2.16. The van der Waals surface area contributed by atoms with Crippen LogP contribution in [0.2, 0.25) is 0 Å². The number of halogens is 1. The Labute approximate surface area is 188 Å². The number of benzene rings is 1. The van der Waals surface area contributed by atoms with Gasteiger partial charge in [0.05, 0.1) is 19.4 Å². The second kappa shape index (κ2) is 11.9. The molecule has 0 aliphatic rings. The molecular weight excluding hydrogens is 481 g/mol. The topological polar surface area (TPSA) is 54.2 Å². The molecule has 0 aliphatic heterocycles. The Kier molecular flexibility index (Phi) is 9.49. The molecule has 2 N–H and O–H groups in total. The van der Waals surface area contributed by atoms with E-state index < -0.39 is 0 Å². The number of nitrogens with zero attached hydrogens (tertiary/aromatic N) is 3. The fourth-order valence-electron chi connectivity index (χ4n) is 2.73. The quantitative estimate of drug-likeness (QED) is 0.269. The molecule has 0 saturated heterocycles. The third-order valence-corrected chi connectivity index (χ3v) is 5.44. The normalized spacial score (nSPS) is 11.1. The number of aryl methyl sites for hydroxylation is 1. The van der Waals surface area contributed by atoms with Crippen LogP contribution in [-0.4, -0.2) is 22.1 Å². The van der Waals surface area contributed by atoms with Gasteiger partial charge >= 0.3 is 0 Å². The zero-order valence-electron chi connectivity index (χ0n) is 16.4. The SMILES string of the molecule is CCNC(=NCc1ccc(Cn2ccnc2)cc1)NCc1ccc(CC)s1.I. The molecule has 0 amide bonds. The van der Waals surface area contributed by atoms with Gasteiger partial charge in [-0.3, -0.25) is 0 Å². The van der Waals surface area contributed by atoms with E-state index >= 15 is 0 Å². The summed E-state index contributed by atoms with van der Waals surface area (Å²) in [6.45, 7) is 7.43. The van der Waals surface area contributed by atoms with Crippen LogP contribution in [0.4, 0.5) is 0 Å². The smallest absolute Gasteiger partial charge is 0.191 e. The Balaban J connectivity index is 0.00000280. The molecule has 28 heavy (non-hydrogen) atoms. The summed E-state index contributed by atoms with van der Waals surface area (Å²) < 4.78 is 2.06. The van der Waals surface area contributed by atoms with Gasteiger partial charge in [-0.25, -0.2) is 9.98 Å². The molecule has 0 saturated carbocycles. The number of hydrogen-bond donors (Lipinski definition) is 2. The first kappa shape index (κ1) is 22.4. The van der Waals surface area contributed by atoms with Crippen molar-refractivity contribution in [3.05, 3.63) is 76.0 Å². The monoisotopic (exact) mass is 509 g/mol. The Morgan fingerprint density at radius 3 is 2.43 bits per heavy atom. The Morgan fingerprint density at radius 1 is 1.04 bits per heavy atom. The van der Waals surface area contributed by atoms with Gasteiger partial charge < -0.3 is 15.2 Å². The van der Waals surface area contributed by atoms with Crippen molar-refractivity contribution in [2.75, 3.05) is 6.54 Å². The van der Waals surface area contributed by atoms with E-state index in [4.69, 9.17) is 4.99 Å². The van der Waals surface area contributed by atoms with Gasteiger partial charge in [-0.15, -0.1) is 35.3 Å². The average molecular weight is 509 g/mol. The fraction of sp³-hybridized carbons (Fsp3) is 0.333. The van der Waals surface area contributed by atoms with Gasteiger partial charge in [-0.1, -0.05) is 31.2 Å². The van der Waals surface area contributed by atoms with Crippen LogP contribution >= 0.6 is 35.3 Å². The summed E-state index contributed by atoms with van der Waals surface area (Å²) in [5, 5.41) is 6.74. The number of rotatable bonds is 8. The number of imidazole rings is 1. The molecule has 0 bridgehead atoms. The van der Waals surface area contributed by atoms with Crippen LogP contribution < -0.4 is 10.6 Å². The first-order valence-electron chi connectivity index (χ1n) is 9.40. The van der Waals surface area contributed by atoms with Crippen LogP contribution in [-0.2, 0) is 26.1 Å². The van der Waals surface area contributed by atoms with Crippen molar-refractivity contribution in [3.63, 3.8) is 0 Å². The van der Waals surface area contributed by atoms with Crippen molar-refractivity contribution in [1.82, 2.24) is 20.2 Å². The summed E-state index contributed by atoms with van der Waals surface area (Å²) >= 11 is 1.86. The lowest BCUT2D eigenvalue weighted by atomic mass is 10.1. The summed E-state index contributed by atoms with van der Waals surface area (Å²) in [5.41, 5.74) is 2.46. The zero-order valence-corrected chi connectivity index (χ0v) is 19.5. The van der Waals surface area contributed by atoms with Crippen molar-refractivity contribution in [1.29, 1.82) is 0 Å². The molecule has 150 valence electrons. The van der Waals surface area contributed by atoms with Crippen LogP contribution in [0.15, 0.2) is 60.1 Å². The number of guanidine groups is 1. The number of thiophene rings is 1. The van der Waals surface area contributed by atoms with Gasteiger partial charge in [0, 0.05) is 35.2 Å². The number of aliphatic imine (C=N–C) groups is 1. The van der Waals surface area contributed by atoms with E-state index in [1.54, 1.807) is 6.20 Å². The van der Waals surface area contributed by atoms with E-state index in [9.17, 15) is 0 Å². The Hall–Kier alpha value is -1.87. The maximum Gasteiger partial charge on any atom is 0.191 e. The summed E-state index contributed by atoms with van der Waals surface area (Å²) in [7, 11) is 0. The molecule has 5 nitrogen and oxygen atoms in total. The average Bonchev–Trinajstić information content (AvgIpc) is 3.37. The number of hydrogen-bond acceptors (Lipinski definition) is 3. The predicted octanol–water partition coefficient (Wildman–Crippen LogP) is 4.43. The van der Waals surface area contributed by atoms with Crippen molar-refractivity contribution in [3.8, 4) is 0 Å². The van der Waals surface area contributed by atoms with Gasteiger partial charge in [0.2, 0.25) is 0 Å². The Bertz CT molecular complexity index is 840. The largest absolute Gasteiger partial charge is 0.357 e. The standard InChI is InChI=1S/C21H27N5S.HI/c1-3-19-9-10-20(27-19)14-25-21(23-4-2)24-13-17-5-7-18(8-6-17)15-26-12-11-22-16-26;/h5-12,16H,3-4,13-15H2,1-2H3,(H2,23,24,25);1H. The number of aromatic nitrogens is 2. The van der Waals surface area contributed by atoms with E-state index in [-0.39, 0.29) is 24.0 Å². The first-order chi connectivity index (χ1) is 13.3. The lowest BCUT2D eigenvalue weighted by Gasteiger charge is -2.10. The minimum absolute atomic E-state index is 0. The third kappa shape index (κ3) is 6.94. The molecule has 7 heteroatoms. The van der Waals surface area contributed by atoms with Gasteiger partial charge in [-0.2, -0.15) is 0 Å². The maximum atomic E-state index is 4.71. The van der Waals surface area contributed by atoms with Crippen LogP contribution in [0.1, 0.15) is 34.7 Å². The molecular formula is C21H28IN5S. The van der Waals surface area contributed by atoms with Crippen LogP contribution in [0.5, 0.6) is 0 Å². The lowest BCUT2D eigenvalue weighted by molar-refractivity contribution is 0.796. The van der Waals surface area contributed by atoms with Crippen molar-refractivity contribution < 1.29 is 0 Å². The molecule has 0 fully saturated rings. The highest BCUT2D eigenvalue weighted by atomic mass is 127. The van der Waals surface area contributed by atoms with Crippen LogP contribution in [0.3, 0.4) is 0 Å². The molecule has 0 atom stereocenters. The van der Waals surface area contributed by atoms with E-state index in [1.807, 2.05) is 23.9 Å². The second-order valence-corrected chi connectivity index (χ2v) is 7.57. The van der Waals surface area contributed by atoms with E-state index in [0.717, 1.165) is 32.0 Å². The number of nitrogens with one attached hydrogen (secondary N) is 2. The maximum absolute atomic E-state index is 4.71. The molecule has 2 aromatic heterocycles. The Morgan fingerprint density at radius 2 is 1.79 bits per heavy atom. The summed E-state index contributed by atoms with van der Waals surface area (Å²) in [4.78, 5) is 11.6. The molecule has 0 unspecified atom stereocenters. The van der Waals surface area contributed by atoms with Gasteiger partial charge in [0.25, 0.3) is 0 Å². The van der Waals surface area contributed by atoms with Crippen molar-refractivity contribution in [2.45, 2.75) is 39.9 Å². The van der Waals surface area contributed by atoms with E-state index in [0.29, 0.717) is 6.54 Å². The zero-order chi connectivity index (χ0) is 18.9. The third-order valence-electron chi connectivity index (χ3n) is 4.21. The highest BCUT2D eigenvalue weighted by molar-refractivity contribution is 14.0. The van der Waals surface area contributed by atoms with E-state index in [1.165, 1.54) is 20.9 Å². The molecule has 0 spiro atoms. The predicted molar refractivity (Wildman–Crippen MR) is 129 cm³/mol. The molecule has 3 aromatic rings. The lowest BCUT2D eigenvalue weighted by Crippen LogP contribution is -2.36. The van der Waals surface area contributed by atoms with Gasteiger partial charge in [0.1, 0.15) is 0 Å². The minimum Gasteiger partial charge on any atom is -0.357 e. The van der Waals surface area contributed by atoms with Crippen LogP contribution in [0.25, 0.3) is 0 Å². The molecule has 3 rings (SSSR count). The second-order valence-electron chi connectivity index (χ2n) is 6.32. The fourth-order valence-corrected chi connectivity index (χ4v) is 3.63. The summed E-state index contributed by atoms with van der Waals surface area (Å²) in [6, 6.07) is 13.0. The summed E-state index contributed by atoms with van der Waals surface area (Å²) in [6.07, 6.45) is 6.71. The first-order valence-corrected chi connectivity index (χ1v) is 10.2. The van der Waals surface area contributed by atoms with Crippen molar-refractivity contribution in [2.24, 2.45) is 4.99 Å². The molecule has 1 aromatic carbocycles.